The van der Waals surface area contributed by atoms with Gasteiger partial charge >= 0.3 is 0 Å². The lowest BCUT2D eigenvalue weighted by molar-refractivity contribution is 0.102. The molecule has 0 saturated heterocycles. The number of anilines is 2. The Balaban J connectivity index is 2.20. The van der Waals surface area contributed by atoms with Crippen LogP contribution in [0.25, 0.3) is 0 Å². The van der Waals surface area contributed by atoms with Gasteiger partial charge < -0.3 is 5.73 Å². The van der Waals surface area contributed by atoms with Crippen LogP contribution in [0.1, 0.15) is 15.4 Å². The van der Waals surface area contributed by atoms with Crippen LogP contribution in [-0.4, -0.2) is 16.1 Å². The number of hydrogen-bond donors (Lipinski definition) is 2. The maximum Gasteiger partial charge on any atom is 0.259 e. The Morgan fingerprint density at radius 1 is 1.47 bits per heavy atom. The van der Waals surface area contributed by atoms with Gasteiger partial charge in [0.05, 0.1) is 10.6 Å². The second-order valence-electron chi connectivity index (χ2n) is 3.32. The minimum Gasteiger partial charge on any atom is -0.399 e. The highest BCUT2D eigenvalue weighted by molar-refractivity contribution is 7.15. The molecule has 5 nitrogen and oxygen atoms in total. The molecule has 1 amide bonds. The smallest absolute Gasteiger partial charge is 0.259 e. The van der Waals surface area contributed by atoms with Gasteiger partial charge in [-0.3, -0.25) is 10.1 Å². The van der Waals surface area contributed by atoms with Crippen LogP contribution in [0.4, 0.5) is 10.8 Å². The Labute approximate surface area is 107 Å². The molecule has 0 unspecified atom stereocenters. The predicted octanol–water partition coefficient (Wildman–Crippen LogP) is 2.33. The Morgan fingerprint density at radius 2 is 2.24 bits per heavy atom. The average Bonchev–Trinajstić information content (AvgIpc) is 2.63. The van der Waals surface area contributed by atoms with Crippen LogP contribution in [0.15, 0.2) is 18.2 Å². The molecule has 2 rings (SSSR count). The standard InChI is InChI=1S/C10H9ClN4OS/c1-5-14-15-10(17-5)13-9(16)7-3-2-6(12)4-8(7)11/h2-4H,12H2,1H3,(H,13,15,16). The number of aryl methyl sites for hydroxylation is 1. The van der Waals surface area contributed by atoms with Crippen molar-refractivity contribution in [3.63, 3.8) is 0 Å². The number of rotatable bonds is 2. The third-order valence-electron chi connectivity index (χ3n) is 1.98. The Morgan fingerprint density at radius 3 is 2.82 bits per heavy atom. The SMILES string of the molecule is Cc1nnc(NC(=O)c2ccc(N)cc2Cl)s1. The summed E-state index contributed by atoms with van der Waals surface area (Å²) in [5.74, 6) is -0.328. The van der Waals surface area contributed by atoms with E-state index in [1.165, 1.54) is 17.4 Å². The number of halogens is 1. The molecule has 3 N–H and O–H groups in total. The van der Waals surface area contributed by atoms with E-state index in [1.54, 1.807) is 12.1 Å². The third kappa shape index (κ3) is 2.72. The minimum atomic E-state index is -0.328. The highest BCUT2D eigenvalue weighted by Gasteiger charge is 2.12. The van der Waals surface area contributed by atoms with Crippen LogP contribution in [0.3, 0.4) is 0 Å². The fourth-order valence-electron chi connectivity index (χ4n) is 1.23. The van der Waals surface area contributed by atoms with Gasteiger partial charge in [-0.15, -0.1) is 10.2 Å². The van der Waals surface area contributed by atoms with Crippen molar-refractivity contribution in [2.45, 2.75) is 6.92 Å². The molecule has 0 aliphatic carbocycles. The van der Waals surface area contributed by atoms with Crippen LogP contribution in [0, 0.1) is 6.92 Å². The number of nitrogens with zero attached hydrogens (tertiary/aromatic N) is 2. The number of hydrogen-bond acceptors (Lipinski definition) is 5. The van der Waals surface area contributed by atoms with Gasteiger partial charge in [-0.05, 0) is 25.1 Å². The molecule has 88 valence electrons. The van der Waals surface area contributed by atoms with E-state index in [0.717, 1.165) is 5.01 Å². The second-order valence-corrected chi connectivity index (χ2v) is 4.91. The van der Waals surface area contributed by atoms with Gasteiger partial charge in [-0.2, -0.15) is 0 Å². The minimum absolute atomic E-state index is 0.309. The zero-order chi connectivity index (χ0) is 12.4. The fraction of sp³-hybridized carbons (Fsp3) is 0.100. The first-order valence-corrected chi connectivity index (χ1v) is 5.92. The summed E-state index contributed by atoms with van der Waals surface area (Å²) in [5.41, 5.74) is 6.41. The van der Waals surface area contributed by atoms with E-state index in [0.29, 0.717) is 21.4 Å². The molecule has 1 heterocycles. The highest BCUT2D eigenvalue weighted by atomic mass is 35.5. The summed E-state index contributed by atoms with van der Waals surface area (Å²) in [4.78, 5) is 11.9. The summed E-state index contributed by atoms with van der Waals surface area (Å²) in [6, 6.07) is 4.72. The molecule has 0 aliphatic rings. The van der Waals surface area contributed by atoms with Crippen LogP contribution >= 0.6 is 22.9 Å². The highest BCUT2D eigenvalue weighted by Crippen LogP contribution is 2.21. The summed E-state index contributed by atoms with van der Waals surface area (Å²) in [5, 5.41) is 11.8. The van der Waals surface area contributed by atoms with E-state index in [2.05, 4.69) is 15.5 Å². The number of benzene rings is 1. The molecule has 2 aromatic rings. The summed E-state index contributed by atoms with van der Waals surface area (Å²) in [6.45, 7) is 1.81. The largest absolute Gasteiger partial charge is 0.399 e. The molecule has 0 atom stereocenters. The van der Waals surface area contributed by atoms with Crippen LogP contribution in [0.2, 0.25) is 5.02 Å². The van der Waals surface area contributed by atoms with Gasteiger partial charge in [-0.1, -0.05) is 22.9 Å². The molecule has 0 fully saturated rings. The monoisotopic (exact) mass is 268 g/mol. The Hall–Kier alpha value is -1.66. The number of carbonyl (C=O) groups is 1. The van der Waals surface area contributed by atoms with E-state index in [4.69, 9.17) is 17.3 Å². The molecule has 1 aromatic carbocycles. The number of carbonyl (C=O) groups excluding carboxylic acids is 1. The topological polar surface area (TPSA) is 80.9 Å². The van der Waals surface area contributed by atoms with E-state index in [9.17, 15) is 4.79 Å². The van der Waals surface area contributed by atoms with Gasteiger partial charge in [0.1, 0.15) is 5.01 Å². The second kappa shape index (κ2) is 4.68. The molecule has 0 bridgehead atoms. The lowest BCUT2D eigenvalue weighted by Crippen LogP contribution is -2.12. The van der Waals surface area contributed by atoms with Crippen molar-refractivity contribution < 1.29 is 4.79 Å². The number of nitrogens with two attached hydrogens (primary N) is 1. The van der Waals surface area contributed by atoms with Gasteiger partial charge in [-0.25, -0.2) is 0 Å². The van der Waals surface area contributed by atoms with E-state index >= 15 is 0 Å². The van der Waals surface area contributed by atoms with Gasteiger partial charge in [0.2, 0.25) is 5.13 Å². The van der Waals surface area contributed by atoms with Crippen molar-refractivity contribution in [2.24, 2.45) is 0 Å². The maximum absolute atomic E-state index is 11.9. The summed E-state index contributed by atoms with van der Waals surface area (Å²) in [6.07, 6.45) is 0. The quantitative estimate of drug-likeness (QED) is 0.819. The van der Waals surface area contributed by atoms with Gasteiger partial charge in [0.25, 0.3) is 5.91 Å². The zero-order valence-corrected chi connectivity index (χ0v) is 10.5. The zero-order valence-electron chi connectivity index (χ0n) is 8.90. The van der Waals surface area contributed by atoms with Crippen LogP contribution in [0.5, 0.6) is 0 Å². The predicted molar refractivity (Wildman–Crippen MR) is 68.5 cm³/mol. The first kappa shape index (κ1) is 11.8. The maximum atomic E-state index is 11.9. The molecule has 1 aromatic heterocycles. The summed E-state index contributed by atoms with van der Waals surface area (Å²) in [7, 11) is 0. The number of aromatic nitrogens is 2. The number of amides is 1. The Kier molecular flexibility index (Phi) is 3.26. The van der Waals surface area contributed by atoms with Crippen molar-refractivity contribution >= 4 is 39.7 Å². The first-order chi connectivity index (χ1) is 8.06. The van der Waals surface area contributed by atoms with Crippen LogP contribution < -0.4 is 11.1 Å². The molecule has 7 heteroatoms. The fourth-order valence-corrected chi connectivity index (χ4v) is 2.09. The lowest BCUT2D eigenvalue weighted by atomic mass is 10.2. The van der Waals surface area contributed by atoms with Gasteiger partial charge in [0, 0.05) is 5.69 Å². The van der Waals surface area contributed by atoms with Gasteiger partial charge in [0.15, 0.2) is 0 Å². The molecule has 0 spiro atoms. The lowest BCUT2D eigenvalue weighted by Gasteiger charge is -2.04. The van der Waals surface area contributed by atoms with E-state index in [-0.39, 0.29) is 5.91 Å². The molecule has 0 aliphatic heterocycles. The molecular weight excluding hydrogens is 260 g/mol. The van der Waals surface area contributed by atoms with E-state index in [1.807, 2.05) is 6.92 Å². The van der Waals surface area contributed by atoms with Crippen molar-refractivity contribution in [1.29, 1.82) is 0 Å². The van der Waals surface area contributed by atoms with Crippen LogP contribution in [-0.2, 0) is 0 Å². The molecule has 0 saturated carbocycles. The first-order valence-electron chi connectivity index (χ1n) is 4.73. The third-order valence-corrected chi connectivity index (χ3v) is 3.05. The molecular formula is C10H9ClN4OS. The van der Waals surface area contributed by atoms with E-state index < -0.39 is 0 Å². The van der Waals surface area contributed by atoms with Crippen molar-refractivity contribution in [3.8, 4) is 0 Å². The van der Waals surface area contributed by atoms with Crippen molar-refractivity contribution in [3.05, 3.63) is 33.8 Å². The van der Waals surface area contributed by atoms with Crippen molar-refractivity contribution in [1.82, 2.24) is 10.2 Å². The average molecular weight is 269 g/mol. The number of nitrogen functional groups attached to an aromatic ring is 1. The molecule has 0 radical (unpaired) electrons. The number of nitrogens with one attached hydrogen (secondary N) is 1. The van der Waals surface area contributed by atoms with Crippen molar-refractivity contribution in [2.75, 3.05) is 11.1 Å². The normalized spacial score (nSPS) is 10.2. The Bertz CT molecular complexity index is 569. The summed E-state index contributed by atoms with van der Waals surface area (Å²) >= 11 is 7.22. The summed E-state index contributed by atoms with van der Waals surface area (Å²) < 4.78 is 0. The molecule has 17 heavy (non-hydrogen) atoms.